The number of benzene rings is 1. The third-order valence-corrected chi connectivity index (χ3v) is 5.97. The zero-order chi connectivity index (χ0) is 24.8. The van der Waals surface area contributed by atoms with E-state index in [2.05, 4.69) is 30.9 Å². The first kappa shape index (κ1) is 24.8. The molecule has 1 aliphatic rings. The van der Waals surface area contributed by atoms with Crippen LogP contribution in [0.2, 0.25) is 10.0 Å². The monoisotopic (exact) mass is 512 g/mol. The molecule has 3 aromatic rings. The molecule has 0 unspecified atom stereocenters. The van der Waals surface area contributed by atoms with E-state index in [9.17, 15) is 4.79 Å². The molecule has 3 heterocycles. The maximum absolute atomic E-state index is 13.1. The van der Waals surface area contributed by atoms with Gasteiger partial charge >= 0.3 is 0 Å². The number of aliphatic imine (C=N–C) groups is 1. The minimum Gasteiger partial charge on any atom is -0.477 e. The van der Waals surface area contributed by atoms with Crippen molar-refractivity contribution in [1.29, 1.82) is 0 Å². The van der Waals surface area contributed by atoms with E-state index in [0.29, 0.717) is 34.8 Å². The summed E-state index contributed by atoms with van der Waals surface area (Å²) >= 11 is 12.1. The van der Waals surface area contributed by atoms with E-state index in [0.717, 1.165) is 41.3 Å². The van der Waals surface area contributed by atoms with Crippen LogP contribution >= 0.6 is 23.2 Å². The molecule has 10 heteroatoms. The van der Waals surface area contributed by atoms with Crippen LogP contribution in [-0.4, -0.2) is 41.5 Å². The van der Waals surface area contributed by atoms with Gasteiger partial charge in [-0.1, -0.05) is 29.3 Å². The average molecular weight is 513 g/mol. The number of hydrogen-bond acceptors (Lipinski definition) is 7. The van der Waals surface area contributed by atoms with Gasteiger partial charge in [-0.25, -0.2) is 9.97 Å². The van der Waals surface area contributed by atoms with Crippen molar-refractivity contribution in [3.05, 3.63) is 75.0 Å². The Morgan fingerprint density at radius 3 is 2.71 bits per heavy atom. The Morgan fingerprint density at radius 1 is 1.11 bits per heavy atom. The normalized spacial score (nSPS) is 12.6. The highest BCUT2D eigenvalue weighted by Crippen LogP contribution is 2.29. The molecule has 0 bridgehead atoms. The zero-order valence-electron chi connectivity index (χ0n) is 19.5. The van der Waals surface area contributed by atoms with Crippen LogP contribution in [-0.2, 0) is 13.1 Å². The number of nitrogens with zero attached hydrogens (tertiary/aromatic N) is 3. The fourth-order valence-electron chi connectivity index (χ4n) is 3.56. The predicted molar refractivity (Wildman–Crippen MR) is 138 cm³/mol. The first-order valence-corrected chi connectivity index (χ1v) is 12.0. The number of rotatable bonds is 8. The van der Waals surface area contributed by atoms with Gasteiger partial charge in [-0.15, -0.1) is 0 Å². The number of guanidine groups is 1. The Hall–Kier alpha value is -3.36. The van der Waals surface area contributed by atoms with E-state index < -0.39 is 0 Å². The van der Waals surface area contributed by atoms with Gasteiger partial charge in [0.25, 0.3) is 5.91 Å². The van der Waals surface area contributed by atoms with Crippen LogP contribution in [0, 0.1) is 6.92 Å². The van der Waals surface area contributed by atoms with E-state index in [-0.39, 0.29) is 18.1 Å². The van der Waals surface area contributed by atoms with Crippen molar-refractivity contribution in [3.8, 4) is 17.1 Å². The van der Waals surface area contributed by atoms with Crippen LogP contribution in [0.1, 0.15) is 34.1 Å². The second-order valence-corrected chi connectivity index (χ2v) is 8.80. The molecule has 2 aromatic heterocycles. The number of nitrogens with one attached hydrogen (secondary N) is 3. The Bertz CT molecular complexity index is 1260. The number of carbonyl (C=O) groups is 1. The highest BCUT2D eigenvalue weighted by atomic mass is 35.5. The third-order valence-electron chi connectivity index (χ3n) is 5.23. The number of aryl methyl sites for hydroxylation is 1. The van der Waals surface area contributed by atoms with Gasteiger partial charge in [0.15, 0.2) is 5.96 Å². The van der Waals surface area contributed by atoms with E-state index in [1.54, 1.807) is 24.4 Å². The zero-order valence-corrected chi connectivity index (χ0v) is 21.0. The lowest BCUT2D eigenvalue weighted by molar-refractivity contribution is 0.0946. The highest BCUT2D eigenvalue weighted by molar-refractivity contribution is 6.42. The van der Waals surface area contributed by atoms with Crippen molar-refractivity contribution in [2.75, 3.05) is 19.7 Å². The maximum atomic E-state index is 13.1. The average Bonchev–Trinajstić information content (AvgIpc) is 3.38. The summed E-state index contributed by atoms with van der Waals surface area (Å²) in [4.78, 5) is 26.5. The van der Waals surface area contributed by atoms with Gasteiger partial charge in [0.05, 0.1) is 34.5 Å². The molecule has 4 rings (SSSR count). The predicted octanol–water partition coefficient (Wildman–Crippen LogP) is 4.14. The van der Waals surface area contributed by atoms with Gasteiger partial charge in [-0.05, 0) is 60.9 Å². The fraction of sp³-hybridized carbons (Fsp3) is 0.280. The number of pyridine rings is 2. The summed E-state index contributed by atoms with van der Waals surface area (Å²) in [6.07, 6.45) is 1.74. The van der Waals surface area contributed by atoms with Gasteiger partial charge in [-0.2, -0.15) is 0 Å². The summed E-state index contributed by atoms with van der Waals surface area (Å²) in [6, 6.07) is 10.9. The van der Waals surface area contributed by atoms with E-state index >= 15 is 0 Å². The van der Waals surface area contributed by atoms with Crippen LogP contribution in [0.5, 0.6) is 5.88 Å². The van der Waals surface area contributed by atoms with Gasteiger partial charge in [-0.3, -0.25) is 9.79 Å². The van der Waals surface area contributed by atoms with Crippen molar-refractivity contribution in [3.63, 3.8) is 0 Å². The minimum absolute atomic E-state index is 0.282. The minimum atomic E-state index is -0.311. The molecule has 1 aliphatic heterocycles. The van der Waals surface area contributed by atoms with Crippen LogP contribution < -0.4 is 20.7 Å². The summed E-state index contributed by atoms with van der Waals surface area (Å²) in [5.74, 6) is 0.898. The largest absolute Gasteiger partial charge is 0.477 e. The molecule has 182 valence electrons. The van der Waals surface area contributed by atoms with Crippen LogP contribution in [0.15, 0.2) is 47.6 Å². The summed E-state index contributed by atoms with van der Waals surface area (Å²) < 4.78 is 5.73. The standard InChI is InChI=1S/C25H26Cl2N6O2/c1-3-35-24-18(8-15(2)12-31-24)21-10-17(14-32-25-28-6-7-29-25)11-22(33-21)23(34)30-13-16-4-5-19(26)20(27)9-16/h4-5,8-12H,3,6-7,13-14H2,1-2H3,(H,30,34)(H2,28,29,32). The van der Waals surface area contributed by atoms with Gasteiger partial charge in [0.2, 0.25) is 5.88 Å². The van der Waals surface area contributed by atoms with Crippen molar-refractivity contribution in [2.45, 2.75) is 26.9 Å². The smallest absolute Gasteiger partial charge is 0.270 e. The molecule has 0 radical (unpaired) electrons. The summed E-state index contributed by atoms with van der Waals surface area (Å²) in [5.41, 5.74) is 4.27. The molecule has 0 saturated heterocycles. The third kappa shape index (κ3) is 6.41. The first-order valence-electron chi connectivity index (χ1n) is 11.3. The first-order chi connectivity index (χ1) is 16.9. The number of amides is 1. The maximum Gasteiger partial charge on any atom is 0.270 e. The fourth-order valence-corrected chi connectivity index (χ4v) is 3.88. The van der Waals surface area contributed by atoms with E-state index in [4.69, 9.17) is 27.9 Å². The van der Waals surface area contributed by atoms with Gasteiger partial charge < -0.3 is 20.7 Å². The molecule has 35 heavy (non-hydrogen) atoms. The molecule has 8 nitrogen and oxygen atoms in total. The molecule has 0 saturated carbocycles. The second kappa shape index (κ2) is 11.4. The Labute approximate surface area is 214 Å². The molecule has 3 N–H and O–H groups in total. The summed E-state index contributed by atoms with van der Waals surface area (Å²) in [5, 5.41) is 10.3. The Balaban J connectivity index is 1.63. The van der Waals surface area contributed by atoms with E-state index in [1.807, 2.05) is 32.0 Å². The van der Waals surface area contributed by atoms with Crippen LogP contribution in [0.25, 0.3) is 11.3 Å². The van der Waals surface area contributed by atoms with Gasteiger partial charge in [0, 0.05) is 25.8 Å². The van der Waals surface area contributed by atoms with Crippen LogP contribution in [0.3, 0.4) is 0 Å². The lowest BCUT2D eigenvalue weighted by Gasteiger charge is -2.14. The number of aromatic nitrogens is 2. The van der Waals surface area contributed by atoms with Gasteiger partial charge in [0.1, 0.15) is 5.69 Å². The number of ether oxygens (including phenoxy) is 1. The lowest BCUT2D eigenvalue weighted by Crippen LogP contribution is -2.33. The molecule has 0 fully saturated rings. The van der Waals surface area contributed by atoms with Crippen molar-refractivity contribution in [1.82, 2.24) is 25.9 Å². The number of hydrogen-bond donors (Lipinski definition) is 3. The lowest BCUT2D eigenvalue weighted by atomic mass is 10.1. The molecule has 0 aliphatic carbocycles. The topological polar surface area (TPSA) is 101 Å². The summed E-state index contributed by atoms with van der Waals surface area (Å²) in [6.45, 7) is 6.61. The summed E-state index contributed by atoms with van der Waals surface area (Å²) in [7, 11) is 0. The van der Waals surface area contributed by atoms with Crippen LogP contribution in [0.4, 0.5) is 0 Å². The Morgan fingerprint density at radius 2 is 1.97 bits per heavy atom. The SMILES string of the molecule is CCOc1ncc(C)cc1-c1cc(CNC2=NCCN2)cc(C(=O)NCc2ccc(Cl)c(Cl)c2)n1. The second-order valence-electron chi connectivity index (χ2n) is 7.99. The quantitative estimate of drug-likeness (QED) is 0.419. The van der Waals surface area contributed by atoms with E-state index in [1.165, 1.54) is 0 Å². The molecule has 1 aromatic carbocycles. The molecule has 0 atom stereocenters. The van der Waals surface area contributed by atoms with Crippen molar-refractivity contribution in [2.24, 2.45) is 4.99 Å². The molecular weight excluding hydrogens is 487 g/mol. The molecular formula is C25H26Cl2N6O2. The van der Waals surface area contributed by atoms with Crippen molar-refractivity contribution >= 4 is 35.1 Å². The molecule has 0 spiro atoms. The number of halogens is 2. The highest BCUT2D eigenvalue weighted by Gasteiger charge is 2.16. The molecule has 1 amide bonds. The Kier molecular flexibility index (Phi) is 8.05. The number of carbonyl (C=O) groups excluding carboxylic acids is 1. The van der Waals surface area contributed by atoms with Crippen molar-refractivity contribution < 1.29 is 9.53 Å².